The van der Waals surface area contributed by atoms with Crippen LogP contribution in [0.5, 0.6) is 0 Å². The van der Waals surface area contributed by atoms with Crippen LogP contribution in [0, 0.1) is 0 Å². The van der Waals surface area contributed by atoms with Gasteiger partial charge in [0.2, 0.25) is 0 Å². The van der Waals surface area contributed by atoms with E-state index in [-0.39, 0.29) is 13.2 Å². The molecule has 0 amide bonds. The summed E-state index contributed by atoms with van der Waals surface area (Å²) in [5.41, 5.74) is 0. The van der Waals surface area contributed by atoms with E-state index in [1.54, 1.807) is 13.8 Å². The minimum absolute atomic E-state index is 0.276. The van der Waals surface area contributed by atoms with Gasteiger partial charge >= 0.3 is 7.82 Å². The molecule has 0 aromatic carbocycles. The van der Waals surface area contributed by atoms with Crippen molar-refractivity contribution in [3.8, 4) is 0 Å². The third-order valence-corrected chi connectivity index (χ3v) is 2.62. The van der Waals surface area contributed by atoms with Crippen LogP contribution in [0.1, 0.15) is 13.8 Å². The molecule has 0 saturated carbocycles. The smallest absolute Gasteiger partial charge is 0.287 e. The number of hydrogen-bond donors (Lipinski definition) is 1. The average Bonchev–Trinajstić information content (AvgIpc) is 1.89. The van der Waals surface area contributed by atoms with Gasteiger partial charge in [0.15, 0.2) is 0 Å². The van der Waals surface area contributed by atoms with Crippen molar-refractivity contribution >= 4 is 20.7 Å². The Kier molecular flexibility index (Phi) is 5.39. The number of phosphoric acid groups is 1. The summed E-state index contributed by atoms with van der Waals surface area (Å²) in [5, 5.41) is 0. The van der Waals surface area contributed by atoms with Crippen LogP contribution in [0.4, 0.5) is 0 Å². The van der Waals surface area contributed by atoms with Crippen molar-refractivity contribution < 1.29 is 17.6 Å². The molecular formula is C4H11O4PS. The SMILES string of the molecule is CCOP(=O)(OS)OCC. The first-order valence-electron chi connectivity index (χ1n) is 2.90. The summed E-state index contributed by atoms with van der Waals surface area (Å²) >= 11 is 3.36. The molecule has 10 heavy (non-hydrogen) atoms. The topological polar surface area (TPSA) is 44.8 Å². The van der Waals surface area contributed by atoms with E-state index in [9.17, 15) is 4.57 Å². The quantitative estimate of drug-likeness (QED) is 0.405. The fraction of sp³-hybridized carbons (Fsp3) is 1.00. The monoisotopic (exact) mass is 186 g/mol. The van der Waals surface area contributed by atoms with Gasteiger partial charge in [-0.05, 0) is 26.8 Å². The van der Waals surface area contributed by atoms with Crippen molar-refractivity contribution in [3.05, 3.63) is 0 Å². The van der Waals surface area contributed by atoms with Crippen molar-refractivity contribution in [2.45, 2.75) is 13.8 Å². The molecule has 0 rings (SSSR count). The summed E-state index contributed by atoms with van der Waals surface area (Å²) in [4.78, 5) is 0. The average molecular weight is 186 g/mol. The Morgan fingerprint density at radius 2 is 1.70 bits per heavy atom. The number of thiol groups is 1. The number of hydrogen-bond acceptors (Lipinski definition) is 5. The van der Waals surface area contributed by atoms with E-state index in [1.807, 2.05) is 0 Å². The zero-order chi connectivity index (χ0) is 8.04. The molecule has 0 aliphatic heterocycles. The van der Waals surface area contributed by atoms with E-state index in [0.29, 0.717) is 0 Å². The van der Waals surface area contributed by atoms with Crippen molar-refractivity contribution in [2.75, 3.05) is 13.2 Å². The van der Waals surface area contributed by atoms with Crippen LogP contribution < -0.4 is 0 Å². The lowest BCUT2D eigenvalue weighted by Gasteiger charge is -2.11. The molecule has 0 aromatic heterocycles. The Hall–Kier alpha value is 0.460. The van der Waals surface area contributed by atoms with E-state index in [4.69, 9.17) is 0 Å². The highest BCUT2D eigenvalue weighted by Crippen LogP contribution is 2.50. The molecule has 0 aromatic rings. The zero-order valence-corrected chi connectivity index (χ0v) is 7.73. The molecule has 0 aliphatic rings. The molecular weight excluding hydrogens is 175 g/mol. The lowest BCUT2D eigenvalue weighted by atomic mass is 10.9. The summed E-state index contributed by atoms with van der Waals surface area (Å²) in [6.07, 6.45) is 0. The molecule has 0 saturated heterocycles. The maximum absolute atomic E-state index is 11.0. The van der Waals surface area contributed by atoms with Gasteiger partial charge in [-0.2, -0.15) is 0 Å². The van der Waals surface area contributed by atoms with Crippen LogP contribution in [0.2, 0.25) is 0 Å². The van der Waals surface area contributed by atoms with Gasteiger partial charge in [-0.1, -0.05) is 0 Å². The zero-order valence-electron chi connectivity index (χ0n) is 5.94. The highest BCUT2D eigenvalue weighted by Gasteiger charge is 2.23. The third kappa shape index (κ3) is 3.58. The Morgan fingerprint density at radius 3 is 1.90 bits per heavy atom. The summed E-state index contributed by atoms with van der Waals surface area (Å²) in [7, 11) is -3.34. The van der Waals surface area contributed by atoms with Gasteiger partial charge in [0.1, 0.15) is 0 Å². The van der Waals surface area contributed by atoms with Crippen LogP contribution in [-0.4, -0.2) is 13.2 Å². The molecule has 0 aliphatic carbocycles. The first kappa shape index (κ1) is 10.5. The van der Waals surface area contributed by atoms with Gasteiger partial charge in [-0.3, -0.25) is 9.05 Å². The maximum atomic E-state index is 11.0. The molecule has 6 heteroatoms. The molecule has 0 heterocycles. The molecule has 62 valence electrons. The maximum Gasteiger partial charge on any atom is 0.485 e. The normalized spacial score (nSPS) is 11.9. The van der Waals surface area contributed by atoms with Gasteiger partial charge < -0.3 is 0 Å². The molecule has 0 radical (unpaired) electrons. The molecule has 4 nitrogen and oxygen atoms in total. The second kappa shape index (κ2) is 5.16. The van der Waals surface area contributed by atoms with Crippen molar-refractivity contribution in [2.24, 2.45) is 0 Å². The Labute approximate surface area is 66.1 Å². The van der Waals surface area contributed by atoms with Crippen LogP contribution in [-0.2, 0) is 17.6 Å². The molecule has 0 bridgehead atoms. The fourth-order valence-corrected chi connectivity index (χ4v) is 1.48. The van der Waals surface area contributed by atoms with Gasteiger partial charge in [-0.25, -0.2) is 8.54 Å². The Morgan fingerprint density at radius 1 is 1.30 bits per heavy atom. The highest BCUT2D eigenvalue weighted by atomic mass is 32.1. The summed E-state index contributed by atoms with van der Waals surface area (Å²) in [6.45, 7) is 3.94. The molecule has 0 atom stereocenters. The largest absolute Gasteiger partial charge is 0.485 e. The first-order valence-corrected chi connectivity index (χ1v) is 4.73. The number of phosphoric ester groups is 1. The second-order valence-corrected chi connectivity index (χ2v) is 3.43. The minimum Gasteiger partial charge on any atom is -0.287 e. The van der Waals surface area contributed by atoms with Crippen LogP contribution in [0.3, 0.4) is 0 Å². The predicted octanol–water partition coefficient (Wildman–Crippen LogP) is 2.03. The molecule has 0 spiro atoms. The van der Waals surface area contributed by atoms with Crippen molar-refractivity contribution in [3.63, 3.8) is 0 Å². The summed E-state index contributed by atoms with van der Waals surface area (Å²) in [6, 6.07) is 0. The fourth-order valence-electron chi connectivity index (χ4n) is 0.401. The van der Waals surface area contributed by atoms with Crippen LogP contribution >= 0.6 is 20.7 Å². The Bertz CT molecular complexity index is 118. The van der Waals surface area contributed by atoms with Crippen molar-refractivity contribution in [1.82, 2.24) is 0 Å². The van der Waals surface area contributed by atoms with E-state index in [1.165, 1.54) is 0 Å². The van der Waals surface area contributed by atoms with Crippen LogP contribution in [0.25, 0.3) is 0 Å². The van der Waals surface area contributed by atoms with Crippen molar-refractivity contribution in [1.29, 1.82) is 0 Å². The van der Waals surface area contributed by atoms with E-state index >= 15 is 0 Å². The third-order valence-electron chi connectivity index (χ3n) is 0.674. The Balaban J connectivity index is 3.83. The summed E-state index contributed by atoms with van der Waals surface area (Å²) in [5.74, 6) is 0. The van der Waals surface area contributed by atoms with Gasteiger partial charge in [0.05, 0.1) is 13.2 Å². The lowest BCUT2D eigenvalue weighted by molar-refractivity contribution is 0.176. The molecule has 0 unspecified atom stereocenters. The lowest BCUT2D eigenvalue weighted by Crippen LogP contribution is -1.94. The van der Waals surface area contributed by atoms with Gasteiger partial charge in [0.25, 0.3) is 0 Å². The van der Waals surface area contributed by atoms with E-state index in [0.717, 1.165) is 0 Å². The first-order chi connectivity index (χ1) is 4.68. The molecule has 0 N–H and O–H groups in total. The second-order valence-electron chi connectivity index (χ2n) is 1.36. The highest BCUT2D eigenvalue weighted by molar-refractivity contribution is 7.80. The standard InChI is InChI=1S/C4H11O4PS/c1-3-6-9(5,8-10)7-4-2/h10H,3-4H2,1-2H3. The van der Waals surface area contributed by atoms with Gasteiger partial charge in [0, 0.05) is 0 Å². The minimum atomic E-state index is -3.34. The van der Waals surface area contributed by atoms with Gasteiger partial charge in [-0.15, -0.1) is 0 Å². The predicted molar refractivity (Wildman–Crippen MR) is 40.9 cm³/mol. The summed E-state index contributed by atoms with van der Waals surface area (Å²) < 4.78 is 24.6. The van der Waals surface area contributed by atoms with Crippen LogP contribution in [0.15, 0.2) is 0 Å². The molecule has 0 fully saturated rings. The number of rotatable bonds is 5. The van der Waals surface area contributed by atoms with E-state index in [2.05, 4.69) is 25.9 Å². The van der Waals surface area contributed by atoms with E-state index < -0.39 is 7.82 Å².